The van der Waals surface area contributed by atoms with Crippen LogP contribution in [0.3, 0.4) is 0 Å². The molecule has 0 bridgehead atoms. The van der Waals surface area contributed by atoms with Crippen molar-refractivity contribution in [1.82, 2.24) is 20.4 Å². The van der Waals surface area contributed by atoms with Gasteiger partial charge in [0.25, 0.3) is 0 Å². The van der Waals surface area contributed by atoms with Crippen molar-refractivity contribution in [2.75, 3.05) is 38.6 Å². The minimum absolute atomic E-state index is 0.0936. The van der Waals surface area contributed by atoms with Crippen molar-refractivity contribution in [2.24, 2.45) is 0 Å². The third-order valence-corrected chi connectivity index (χ3v) is 7.08. The zero-order chi connectivity index (χ0) is 24.7. The summed E-state index contributed by atoms with van der Waals surface area (Å²) in [7, 11) is -3.80. The molecule has 0 saturated carbocycles. The number of aromatic nitrogens is 2. The highest BCUT2D eigenvalue weighted by atomic mass is 32.2. The molecule has 0 spiro atoms. The molecule has 8 nitrogen and oxygen atoms in total. The zero-order valence-corrected chi connectivity index (χ0v) is 21.2. The van der Waals surface area contributed by atoms with Crippen molar-refractivity contribution in [3.05, 3.63) is 60.2 Å². The Kier molecular flexibility index (Phi) is 8.56. The molecule has 1 saturated heterocycles. The largest absolute Gasteiger partial charge is 0.382 e. The van der Waals surface area contributed by atoms with E-state index in [0.29, 0.717) is 30.5 Å². The van der Waals surface area contributed by atoms with Crippen LogP contribution < -0.4 is 14.8 Å². The van der Waals surface area contributed by atoms with Crippen LogP contribution in [0.15, 0.2) is 54.6 Å². The highest BCUT2D eigenvalue weighted by molar-refractivity contribution is 7.87. The number of rotatable bonds is 12. The fourth-order valence-electron chi connectivity index (χ4n) is 4.16. The lowest BCUT2D eigenvalue weighted by atomic mass is 10.1. The molecule has 35 heavy (non-hydrogen) atoms. The number of aryl methyl sites for hydroxylation is 1. The van der Waals surface area contributed by atoms with Crippen molar-refractivity contribution in [2.45, 2.75) is 32.9 Å². The summed E-state index contributed by atoms with van der Waals surface area (Å²) < 4.78 is 37.8. The van der Waals surface area contributed by atoms with Crippen LogP contribution in [0.25, 0.3) is 22.5 Å². The van der Waals surface area contributed by atoms with Crippen molar-refractivity contribution in [1.29, 1.82) is 0 Å². The average molecular weight is 499 g/mol. The highest BCUT2D eigenvalue weighted by Crippen LogP contribution is 2.34. The summed E-state index contributed by atoms with van der Waals surface area (Å²) in [6, 6.07) is 18.0. The first-order chi connectivity index (χ1) is 16.9. The summed E-state index contributed by atoms with van der Waals surface area (Å²) >= 11 is 0. The lowest BCUT2D eigenvalue weighted by molar-refractivity contribution is 0.162. The van der Waals surface area contributed by atoms with Crippen LogP contribution in [0.2, 0.25) is 0 Å². The van der Waals surface area contributed by atoms with E-state index in [1.807, 2.05) is 54.9 Å². The smallest absolute Gasteiger partial charge is 0.311 e. The predicted molar refractivity (Wildman–Crippen MR) is 138 cm³/mol. The number of benzene rings is 2. The third kappa shape index (κ3) is 6.91. The summed E-state index contributed by atoms with van der Waals surface area (Å²) in [6.45, 7) is 7.84. The molecule has 1 aliphatic heterocycles. The maximum atomic E-state index is 12.6. The second-order valence-electron chi connectivity index (χ2n) is 8.69. The molecule has 0 aliphatic carbocycles. The first-order valence-corrected chi connectivity index (χ1v) is 13.7. The molecule has 0 amide bonds. The third-order valence-electron chi connectivity index (χ3n) is 5.98. The van der Waals surface area contributed by atoms with Gasteiger partial charge in [-0.15, -0.1) is 0 Å². The normalized spacial score (nSPS) is 16.0. The van der Waals surface area contributed by atoms with E-state index in [2.05, 4.69) is 22.8 Å². The van der Waals surface area contributed by atoms with Gasteiger partial charge in [0.1, 0.15) is 5.75 Å². The van der Waals surface area contributed by atoms with Gasteiger partial charge >= 0.3 is 10.1 Å². The van der Waals surface area contributed by atoms with Gasteiger partial charge in [-0.1, -0.05) is 42.0 Å². The first-order valence-electron chi connectivity index (χ1n) is 12.1. The number of nitrogens with zero attached hydrogens (tertiary/aromatic N) is 2. The Labute approximate surface area is 207 Å². The molecule has 2 heterocycles. The van der Waals surface area contributed by atoms with E-state index >= 15 is 0 Å². The quantitative estimate of drug-likeness (QED) is 0.292. The molecule has 4 rings (SSSR count). The van der Waals surface area contributed by atoms with Crippen LogP contribution in [0.5, 0.6) is 5.75 Å². The van der Waals surface area contributed by atoms with E-state index in [0.717, 1.165) is 42.9 Å². The van der Waals surface area contributed by atoms with Gasteiger partial charge in [-0.2, -0.15) is 13.5 Å². The molecule has 188 valence electrons. The Balaban J connectivity index is 1.63. The van der Waals surface area contributed by atoms with E-state index in [9.17, 15) is 8.42 Å². The van der Waals surface area contributed by atoms with Gasteiger partial charge in [-0.25, -0.2) is 0 Å². The molecule has 3 aromatic rings. The SMILES string of the molecule is CCOCCS(=O)(=O)Oc1ccc(C)cc1-c1cc(-c2ccccc2)n(CCN[C@@H]2CCNC2)n1. The summed E-state index contributed by atoms with van der Waals surface area (Å²) in [6.07, 6.45) is 1.12. The van der Waals surface area contributed by atoms with Gasteiger partial charge in [0.15, 0.2) is 5.75 Å². The van der Waals surface area contributed by atoms with Gasteiger partial charge in [0, 0.05) is 31.3 Å². The Morgan fingerprint density at radius 3 is 2.74 bits per heavy atom. The van der Waals surface area contributed by atoms with Crippen LogP contribution in [0.4, 0.5) is 0 Å². The lowest BCUT2D eigenvalue weighted by Crippen LogP contribution is -2.33. The fraction of sp³-hybridized carbons (Fsp3) is 0.423. The van der Waals surface area contributed by atoms with Crippen molar-refractivity contribution >= 4 is 10.1 Å². The number of hydrogen-bond acceptors (Lipinski definition) is 7. The van der Waals surface area contributed by atoms with Crippen LogP contribution in [0, 0.1) is 6.92 Å². The summed E-state index contributed by atoms with van der Waals surface area (Å²) in [5, 5.41) is 11.9. The molecule has 9 heteroatoms. The monoisotopic (exact) mass is 498 g/mol. The average Bonchev–Trinajstić information content (AvgIpc) is 3.51. The second-order valence-corrected chi connectivity index (χ2v) is 10.4. The van der Waals surface area contributed by atoms with E-state index in [1.165, 1.54) is 0 Å². The number of ether oxygens (including phenoxy) is 1. The minimum atomic E-state index is -3.80. The highest BCUT2D eigenvalue weighted by Gasteiger charge is 2.20. The maximum Gasteiger partial charge on any atom is 0.311 e. The topological polar surface area (TPSA) is 94.5 Å². The van der Waals surface area contributed by atoms with E-state index in [1.54, 1.807) is 6.07 Å². The molecule has 0 unspecified atom stereocenters. The lowest BCUT2D eigenvalue weighted by Gasteiger charge is -2.13. The number of hydrogen-bond donors (Lipinski definition) is 2. The van der Waals surface area contributed by atoms with Crippen molar-refractivity contribution in [3.8, 4) is 28.3 Å². The first kappa shape index (κ1) is 25.4. The minimum Gasteiger partial charge on any atom is -0.382 e. The molecule has 1 aromatic heterocycles. The second kappa shape index (κ2) is 11.8. The van der Waals surface area contributed by atoms with Gasteiger partial charge in [0.05, 0.1) is 24.5 Å². The molecule has 2 N–H and O–H groups in total. The molecule has 1 aliphatic rings. The Morgan fingerprint density at radius 2 is 2.00 bits per heavy atom. The number of nitrogens with one attached hydrogen (secondary N) is 2. The Morgan fingerprint density at radius 1 is 1.17 bits per heavy atom. The van der Waals surface area contributed by atoms with Gasteiger partial charge < -0.3 is 19.6 Å². The van der Waals surface area contributed by atoms with Gasteiger partial charge in [-0.3, -0.25) is 4.68 Å². The molecular formula is C26H34N4O4S. The van der Waals surface area contributed by atoms with E-state index in [4.69, 9.17) is 14.0 Å². The Bertz CT molecular complexity index is 1210. The van der Waals surface area contributed by atoms with E-state index < -0.39 is 10.1 Å². The molecule has 1 fully saturated rings. The Hall–Kier alpha value is -2.72. The summed E-state index contributed by atoms with van der Waals surface area (Å²) in [5.41, 5.74) is 4.33. The zero-order valence-electron chi connectivity index (χ0n) is 20.4. The summed E-state index contributed by atoms with van der Waals surface area (Å²) in [5.74, 6) is 0.0611. The molecule has 1 atom stereocenters. The van der Waals surface area contributed by atoms with Crippen molar-refractivity contribution in [3.63, 3.8) is 0 Å². The van der Waals surface area contributed by atoms with Crippen LogP contribution in [0.1, 0.15) is 18.9 Å². The molecule has 2 aromatic carbocycles. The maximum absolute atomic E-state index is 12.6. The molecular weight excluding hydrogens is 464 g/mol. The van der Waals surface area contributed by atoms with Crippen LogP contribution in [-0.2, 0) is 21.4 Å². The van der Waals surface area contributed by atoms with Crippen molar-refractivity contribution < 1.29 is 17.3 Å². The van der Waals surface area contributed by atoms with Gasteiger partial charge in [-0.05, 0) is 50.6 Å². The summed E-state index contributed by atoms with van der Waals surface area (Å²) in [4.78, 5) is 0. The van der Waals surface area contributed by atoms with Crippen LogP contribution >= 0.6 is 0 Å². The van der Waals surface area contributed by atoms with Crippen LogP contribution in [-0.4, -0.2) is 62.8 Å². The molecule has 0 radical (unpaired) electrons. The fourth-order valence-corrected chi connectivity index (χ4v) is 4.99. The predicted octanol–water partition coefficient (Wildman–Crippen LogP) is 3.22. The van der Waals surface area contributed by atoms with E-state index in [-0.39, 0.29) is 18.1 Å². The van der Waals surface area contributed by atoms with Gasteiger partial charge in [0.2, 0.25) is 0 Å². The standard InChI is InChI=1S/C26H34N4O4S/c1-3-33-15-16-35(31,32)34-26-10-9-20(2)17-23(26)24-18-25(21-7-5-4-6-8-21)30(29-24)14-13-28-22-11-12-27-19-22/h4-10,17-18,22,27-28H,3,11-16,19H2,1-2H3/t22-/m1/s1.